The Balaban J connectivity index is 3.72. The van der Waals surface area contributed by atoms with E-state index in [0.29, 0.717) is 11.7 Å². The van der Waals surface area contributed by atoms with E-state index in [9.17, 15) is 73.5 Å². The van der Waals surface area contributed by atoms with Crippen LogP contribution in [0.2, 0.25) is 25.7 Å². The number of carboxylic acid groups (broad SMARTS) is 1. The number of carbonyl (C=O) groups excluding carboxylic acids is 11. The standard InChI is InChI=1S/C61H109N17O17Si/c1-16-31(4)43(55(91)76-44(32(5)80)54(90)69-27-41(81)74-45(46(82)49(65)85)56(92)73-37(28-79)58(94)95)75-51(87)34(20-19-23-68-59(66)67)70-52(88)35(24-30(2)3)71-53(89)42(64)48(84)61(9,10)47(83)40(26-62)78(39-22-18-17-21-38(39)77(11)12)57(93)36(25-60(6,7)8)72-50(86)33(63)29-96(13,14)15/h17-18,21-22,30-37,40,42-46,48,79-80,82,84H,16,19-20,23-29,62-64H2,1-15H3,(H2,65,85)(H,69,90)(H,70,88)(H,71,89)(H,72,86)(H,73,92)(H,74,81)(H,75,87)(H,76,91)(H,94,95)(H4,66,67,68)/t31-,32-,33+,34+,35-,36-,37-,40-,42-,43-,44-,45-,46-,48-/m0/s1. The summed E-state index contributed by atoms with van der Waals surface area (Å²) in [6.07, 6.45) is -6.12. The highest BCUT2D eigenvalue weighted by molar-refractivity contribution is 6.76. The molecule has 0 aliphatic carbocycles. The Morgan fingerprint density at radius 1 is 0.667 bits per heavy atom. The maximum absolute atomic E-state index is 15.4. The fourth-order valence-corrected chi connectivity index (χ4v) is 11.5. The Kier molecular flexibility index (Phi) is 34.7. The van der Waals surface area contributed by atoms with Gasteiger partial charge in [-0.05, 0) is 68.0 Å². The molecule has 0 unspecified atom stereocenters. The first kappa shape index (κ1) is 86.1. The number of guanidine groups is 1. The third kappa shape index (κ3) is 27.3. The van der Waals surface area contributed by atoms with Crippen LogP contribution in [0.1, 0.15) is 101 Å². The molecule has 0 aromatic heterocycles. The van der Waals surface area contributed by atoms with Crippen LogP contribution in [-0.2, 0) is 57.5 Å². The molecule has 35 heteroatoms. The average molecular weight is 1380 g/mol. The van der Waals surface area contributed by atoms with E-state index in [1.54, 1.807) is 76.3 Å². The number of nitrogens with zero attached hydrogens (tertiary/aromatic N) is 2. The molecule has 0 bridgehead atoms. The van der Waals surface area contributed by atoms with E-state index in [1.165, 1.54) is 18.7 Å². The first-order valence-electron chi connectivity index (χ1n) is 31.7. The van der Waals surface area contributed by atoms with Crippen LogP contribution in [0.15, 0.2) is 24.3 Å². The number of benzene rings is 1. The lowest BCUT2D eigenvalue weighted by molar-refractivity contribution is -0.145. The Morgan fingerprint density at radius 3 is 1.67 bits per heavy atom. The van der Waals surface area contributed by atoms with Crippen molar-refractivity contribution >= 4 is 96.2 Å². The van der Waals surface area contributed by atoms with Crippen molar-refractivity contribution in [3.63, 3.8) is 0 Å². The molecule has 1 aromatic rings. The molecule has 0 fully saturated rings. The smallest absolute Gasteiger partial charge is 0.328 e. The molecular weight excluding hydrogens is 1270 g/mol. The number of ketones is 1. The van der Waals surface area contributed by atoms with Crippen molar-refractivity contribution < 1.29 is 83.1 Å². The van der Waals surface area contributed by atoms with Crippen molar-refractivity contribution in [3.05, 3.63) is 24.3 Å². The SMILES string of the molecule is CC[C@H](C)[C@H](NC(=O)[C@@H](CCCNC(=N)N)NC(=O)[C@H](CC(C)C)NC(=O)[C@@H](N)[C@H](O)C(C)(C)C(=O)[C@H](CN)N(C(=O)[C@H](CC(C)(C)C)NC(=O)[C@H](N)C[Si](C)(C)C)c1ccccc1N(C)C)C(=O)N[C@H](C(=O)NCC(=O)N[C@H](C(=O)N[C@@H](CO)C(=O)O)[C@H](O)C(N)=O)[C@H](C)O. The summed E-state index contributed by atoms with van der Waals surface area (Å²) < 4.78 is 0. The van der Waals surface area contributed by atoms with Gasteiger partial charge in [0.05, 0.1) is 48.2 Å². The summed E-state index contributed by atoms with van der Waals surface area (Å²) in [5, 5.41) is 80.6. The lowest BCUT2D eigenvalue weighted by atomic mass is 9.75. The topological polar surface area (TPSA) is 575 Å². The number of aliphatic hydroxyl groups is 4. The normalized spacial score (nSPS) is 16.2. The number of primary amides is 1. The molecular formula is C61H109N17O17Si. The van der Waals surface area contributed by atoms with E-state index in [0.717, 1.165) is 6.92 Å². The molecule has 34 nitrogen and oxygen atoms in total. The third-order valence-corrected chi connectivity index (χ3v) is 17.2. The second-order valence-electron chi connectivity index (χ2n) is 27.6. The van der Waals surface area contributed by atoms with Crippen molar-refractivity contribution in [1.29, 1.82) is 5.41 Å². The van der Waals surface area contributed by atoms with Crippen LogP contribution in [0.4, 0.5) is 11.4 Å². The number of nitrogens with two attached hydrogens (primary N) is 5. The molecule has 0 spiro atoms. The van der Waals surface area contributed by atoms with Crippen LogP contribution in [0.3, 0.4) is 0 Å². The summed E-state index contributed by atoms with van der Waals surface area (Å²) in [5.74, 6) is -14.9. The number of rotatable bonds is 41. The molecule has 1 rings (SSSR count). The van der Waals surface area contributed by atoms with Gasteiger partial charge < -0.3 is 107 Å². The predicted molar refractivity (Wildman–Crippen MR) is 360 cm³/mol. The quantitative estimate of drug-likeness (QED) is 0.0126. The maximum atomic E-state index is 15.4. The number of carboxylic acids is 1. The van der Waals surface area contributed by atoms with Crippen LogP contribution in [0.5, 0.6) is 0 Å². The van der Waals surface area contributed by atoms with Gasteiger partial charge in [-0.3, -0.25) is 63.0 Å². The van der Waals surface area contributed by atoms with Gasteiger partial charge in [-0.15, -0.1) is 0 Å². The molecule has 0 saturated heterocycles. The van der Waals surface area contributed by atoms with Crippen molar-refractivity contribution in [2.45, 2.75) is 206 Å². The Bertz CT molecular complexity index is 2870. The Morgan fingerprint density at radius 2 is 1.19 bits per heavy atom. The Hall–Kier alpha value is -7.93. The van der Waals surface area contributed by atoms with Crippen LogP contribution < -0.4 is 86.3 Å². The van der Waals surface area contributed by atoms with Gasteiger partial charge in [0.1, 0.15) is 54.4 Å². The van der Waals surface area contributed by atoms with Crippen LogP contribution in [0, 0.1) is 28.1 Å². The molecule has 96 heavy (non-hydrogen) atoms. The number of aliphatic carboxylic acids is 1. The summed E-state index contributed by atoms with van der Waals surface area (Å²) in [4.78, 5) is 167. The van der Waals surface area contributed by atoms with Gasteiger partial charge in [0.2, 0.25) is 59.1 Å². The second-order valence-corrected chi connectivity index (χ2v) is 33.2. The fraction of sp³-hybridized carbons (Fsp3) is 0.689. The number of hydrogen-bond donors (Lipinski definition) is 20. The highest BCUT2D eigenvalue weighted by Gasteiger charge is 2.49. The number of anilines is 2. The molecule has 1 aromatic carbocycles. The number of carbonyl (C=O) groups is 12. The molecule has 25 N–H and O–H groups in total. The number of hydrogen-bond acceptors (Lipinski definition) is 21. The lowest BCUT2D eigenvalue weighted by Crippen LogP contribution is -2.64. The molecule has 0 heterocycles. The number of aliphatic hydroxyl groups excluding tert-OH is 4. The van der Waals surface area contributed by atoms with Gasteiger partial charge in [0.15, 0.2) is 17.8 Å². The molecule has 10 amide bonds. The number of para-hydroxylation sites is 2. The third-order valence-electron chi connectivity index (χ3n) is 15.6. The Labute approximate surface area is 562 Å². The molecule has 0 radical (unpaired) electrons. The molecule has 0 aliphatic rings. The monoisotopic (exact) mass is 1380 g/mol. The minimum atomic E-state index is -2.44. The van der Waals surface area contributed by atoms with E-state index < -0.39 is 200 Å². The van der Waals surface area contributed by atoms with Gasteiger partial charge in [-0.2, -0.15) is 0 Å². The summed E-state index contributed by atoms with van der Waals surface area (Å²) in [5.41, 5.74) is 28.1. The van der Waals surface area contributed by atoms with Gasteiger partial charge in [0, 0.05) is 35.3 Å². The lowest BCUT2D eigenvalue weighted by Gasteiger charge is -2.41. The highest BCUT2D eigenvalue weighted by Crippen LogP contribution is 2.35. The van der Waals surface area contributed by atoms with Crippen LogP contribution in [-0.4, -0.2) is 229 Å². The maximum Gasteiger partial charge on any atom is 0.328 e. The second kappa shape index (κ2) is 38.7. The summed E-state index contributed by atoms with van der Waals surface area (Å²) >= 11 is 0. The van der Waals surface area contributed by atoms with E-state index >= 15 is 9.59 Å². The average Bonchev–Trinajstić information content (AvgIpc) is 0.775. The van der Waals surface area contributed by atoms with Gasteiger partial charge in [-0.25, -0.2) is 4.79 Å². The van der Waals surface area contributed by atoms with Crippen molar-refractivity contribution in [1.82, 2.24) is 47.9 Å². The molecule has 0 saturated carbocycles. The number of Topliss-reactive ketones (excluding diaryl/α,β-unsaturated/α-hetero) is 1. The zero-order valence-electron chi connectivity index (χ0n) is 58.0. The van der Waals surface area contributed by atoms with E-state index in [2.05, 4.69) is 56.9 Å². The van der Waals surface area contributed by atoms with E-state index in [-0.39, 0.29) is 50.3 Å². The summed E-state index contributed by atoms with van der Waals surface area (Å²) in [7, 11) is 1.56. The largest absolute Gasteiger partial charge is 0.480 e. The van der Waals surface area contributed by atoms with Crippen LogP contribution >= 0.6 is 0 Å². The van der Waals surface area contributed by atoms with E-state index in [4.69, 9.17) is 34.1 Å². The van der Waals surface area contributed by atoms with Gasteiger partial charge >= 0.3 is 5.97 Å². The zero-order chi connectivity index (χ0) is 74.2. The van der Waals surface area contributed by atoms with Gasteiger partial charge in [0.25, 0.3) is 0 Å². The first-order chi connectivity index (χ1) is 44.2. The van der Waals surface area contributed by atoms with E-state index in [1.807, 2.05) is 26.1 Å². The summed E-state index contributed by atoms with van der Waals surface area (Å²) in [6.45, 7) is 19.4. The molecule has 0 aliphatic heterocycles. The minimum Gasteiger partial charge on any atom is -0.480 e. The first-order valence-corrected chi connectivity index (χ1v) is 35.4. The zero-order valence-corrected chi connectivity index (χ0v) is 59.0. The number of nitrogens with one attached hydrogen (secondary N) is 10. The molecule has 544 valence electrons. The number of amides is 10. The van der Waals surface area contributed by atoms with Crippen molar-refractivity contribution in [3.8, 4) is 0 Å². The van der Waals surface area contributed by atoms with Gasteiger partial charge in [-0.1, -0.05) is 101 Å². The molecule has 14 atom stereocenters. The fourth-order valence-electron chi connectivity index (χ4n) is 10.0. The van der Waals surface area contributed by atoms with Crippen molar-refractivity contribution in [2.75, 3.05) is 50.1 Å². The minimum absolute atomic E-state index is 0.00996. The van der Waals surface area contributed by atoms with Crippen molar-refractivity contribution in [2.24, 2.45) is 51.3 Å². The van der Waals surface area contributed by atoms with Crippen LogP contribution in [0.25, 0.3) is 0 Å². The summed E-state index contributed by atoms with van der Waals surface area (Å²) in [6, 6.07) is -9.18. The predicted octanol–water partition coefficient (Wildman–Crippen LogP) is -5.03. The highest BCUT2D eigenvalue weighted by atomic mass is 28.3.